The van der Waals surface area contributed by atoms with Crippen LogP contribution in [0.25, 0.3) is 0 Å². The zero-order chi connectivity index (χ0) is 14.5. The predicted molar refractivity (Wildman–Crippen MR) is 73.8 cm³/mol. The normalized spacial score (nSPS) is 18.4. The average molecular weight is 298 g/mol. The molecule has 0 aromatic heterocycles. The molecule has 2 rings (SSSR count). The SMILES string of the molecule is COC(=O)C(Cl)CNC(=O)C1COc2ccccc2C1. The van der Waals surface area contributed by atoms with Crippen LogP contribution in [-0.2, 0) is 20.7 Å². The second-order valence-corrected chi connectivity index (χ2v) is 5.08. The smallest absolute Gasteiger partial charge is 0.325 e. The van der Waals surface area contributed by atoms with Gasteiger partial charge in [0.25, 0.3) is 0 Å². The molecule has 0 saturated heterocycles. The van der Waals surface area contributed by atoms with Gasteiger partial charge in [-0.05, 0) is 18.1 Å². The van der Waals surface area contributed by atoms with Crippen LogP contribution in [0.5, 0.6) is 5.75 Å². The predicted octanol–water partition coefficient (Wildman–Crippen LogP) is 1.13. The molecule has 6 heteroatoms. The summed E-state index contributed by atoms with van der Waals surface area (Å²) in [7, 11) is 1.26. The highest BCUT2D eigenvalue weighted by molar-refractivity contribution is 6.30. The zero-order valence-electron chi connectivity index (χ0n) is 11.1. The average Bonchev–Trinajstić information content (AvgIpc) is 2.50. The highest BCUT2D eigenvalue weighted by Gasteiger charge is 2.26. The third-order valence-electron chi connectivity index (χ3n) is 3.16. The largest absolute Gasteiger partial charge is 0.492 e. The highest BCUT2D eigenvalue weighted by Crippen LogP contribution is 2.26. The van der Waals surface area contributed by atoms with Gasteiger partial charge in [-0.3, -0.25) is 9.59 Å². The van der Waals surface area contributed by atoms with Crippen LogP contribution in [0.2, 0.25) is 0 Å². The number of hydrogen-bond donors (Lipinski definition) is 1. The van der Waals surface area contributed by atoms with Gasteiger partial charge in [0.15, 0.2) is 0 Å². The minimum atomic E-state index is -0.874. The zero-order valence-corrected chi connectivity index (χ0v) is 11.9. The summed E-state index contributed by atoms with van der Waals surface area (Å²) in [5.41, 5.74) is 1.01. The standard InChI is InChI=1S/C14H16ClNO4/c1-19-14(18)11(15)7-16-13(17)10-6-9-4-2-3-5-12(9)20-8-10/h2-5,10-11H,6-8H2,1H3,(H,16,17). The lowest BCUT2D eigenvalue weighted by Crippen LogP contribution is -2.41. The lowest BCUT2D eigenvalue weighted by Gasteiger charge is -2.24. The summed E-state index contributed by atoms with van der Waals surface area (Å²) in [4.78, 5) is 23.2. The van der Waals surface area contributed by atoms with Crippen LogP contribution in [0, 0.1) is 5.92 Å². The van der Waals surface area contributed by atoms with Crippen LogP contribution in [0.1, 0.15) is 5.56 Å². The number of hydrogen-bond acceptors (Lipinski definition) is 4. The maximum atomic E-state index is 12.0. The first kappa shape index (κ1) is 14.7. The fourth-order valence-electron chi connectivity index (χ4n) is 2.04. The van der Waals surface area contributed by atoms with Gasteiger partial charge in [0.2, 0.25) is 5.91 Å². The van der Waals surface area contributed by atoms with E-state index in [2.05, 4.69) is 10.1 Å². The monoisotopic (exact) mass is 297 g/mol. The number of para-hydroxylation sites is 1. The Kier molecular flexibility index (Phi) is 4.84. The first-order chi connectivity index (χ1) is 9.61. The molecule has 0 fully saturated rings. The molecule has 20 heavy (non-hydrogen) atoms. The molecular weight excluding hydrogens is 282 g/mol. The maximum absolute atomic E-state index is 12.0. The molecule has 5 nitrogen and oxygen atoms in total. The van der Waals surface area contributed by atoms with Crippen LogP contribution < -0.4 is 10.1 Å². The van der Waals surface area contributed by atoms with Crippen molar-refractivity contribution >= 4 is 23.5 Å². The van der Waals surface area contributed by atoms with Gasteiger partial charge in [0.1, 0.15) is 17.7 Å². The molecule has 1 aliphatic heterocycles. The van der Waals surface area contributed by atoms with E-state index in [1.54, 1.807) is 0 Å². The minimum Gasteiger partial charge on any atom is -0.492 e. The molecule has 1 aliphatic rings. The number of alkyl halides is 1. The van der Waals surface area contributed by atoms with Crippen molar-refractivity contribution in [3.05, 3.63) is 29.8 Å². The molecule has 1 aromatic rings. The molecule has 0 spiro atoms. The van der Waals surface area contributed by atoms with Gasteiger partial charge in [0.05, 0.1) is 13.0 Å². The third-order valence-corrected chi connectivity index (χ3v) is 3.49. The van der Waals surface area contributed by atoms with Crippen molar-refractivity contribution in [2.75, 3.05) is 20.3 Å². The van der Waals surface area contributed by atoms with Crippen LogP contribution in [-0.4, -0.2) is 37.5 Å². The van der Waals surface area contributed by atoms with Crippen molar-refractivity contribution in [2.45, 2.75) is 11.8 Å². The lowest BCUT2D eigenvalue weighted by molar-refractivity contribution is -0.140. The molecule has 2 unspecified atom stereocenters. The van der Waals surface area contributed by atoms with E-state index in [9.17, 15) is 9.59 Å². The van der Waals surface area contributed by atoms with E-state index in [1.165, 1.54) is 7.11 Å². The third kappa shape index (κ3) is 3.42. The first-order valence-corrected chi connectivity index (χ1v) is 6.75. The number of benzene rings is 1. The highest BCUT2D eigenvalue weighted by atomic mass is 35.5. The number of ether oxygens (including phenoxy) is 2. The quantitative estimate of drug-likeness (QED) is 0.668. The molecule has 2 atom stereocenters. The van der Waals surface area contributed by atoms with Crippen molar-refractivity contribution in [2.24, 2.45) is 5.92 Å². The number of halogens is 1. The second-order valence-electron chi connectivity index (χ2n) is 4.56. The van der Waals surface area contributed by atoms with E-state index in [1.807, 2.05) is 24.3 Å². The van der Waals surface area contributed by atoms with Gasteiger partial charge in [0, 0.05) is 6.54 Å². The molecule has 1 N–H and O–H groups in total. The van der Waals surface area contributed by atoms with Crippen LogP contribution in [0.3, 0.4) is 0 Å². The topological polar surface area (TPSA) is 64.6 Å². The Morgan fingerprint density at radius 3 is 3.00 bits per heavy atom. The number of methoxy groups -OCH3 is 1. The lowest BCUT2D eigenvalue weighted by atomic mass is 9.96. The minimum absolute atomic E-state index is 0.0468. The summed E-state index contributed by atoms with van der Waals surface area (Å²) < 4.78 is 10.0. The summed E-state index contributed by atoms with van der Waals surface area (Å²) in [6, 6.07) is 7.63. The Hall–Kier alpha value is -1.75. The summed E-state index contributed by atoms with van der Waals surface area (Å²) in [6.45, 7) is 0.374. The number of carbonyl (C=O) groups is 2. The van der Waals surface area contributed by atoms with Gasteiger partial charge in [-0.2, -0.15) is 0 Å². The molecular formula is C14H16ClNO4. The van der Waals surface area contributed by atoms with Gasteiger partial charge in [-0.1, -0.05) is 18.2 Å². The number of rotatable bonds is 4. The Balaban J connectivity index is 1.87. The van der Waals surface area contributed by atoms with Crippen LogP contribution in [0.15, 0.2) is 24.3 Å². The number of fused-ring (bicyclic) bond motifs is 1. The number of carbonyl (C=O) groups excluding carboxylic acids is 2. The molecule has 1 amide bonds. The summed E-state index contributed by atoms with van der Waals surface area (Å²) in [6.07, 6.45) is 0.618. The van der Waals surface area contributed by atoms with E-state index in [0.29, 0.717) is 13.0 Å². The van der Waals surface area contributed by atoms with Crippen LogP contribution in [0.4, 0.5) is 0 Å². The number of nitrogens with one attached hydrogen (secondary N) is 1. The van der Waals surface area contributed by atoms with E-state index in [4.69, 9.17) is 16.3 Å². The van der Waals surface area contributed by atoms with Gasteiger partial charge in [-0.15, -0.1) is 11.6 Å². The molecule has 0 radical (unpaired) electrons. The van der Waals surface area contributed by atoms with Crippen LogP contribution >= 0.6 is 11.6 Å². The summed E-state index contributed by atoms with van der Waals surface area (Å²) in [5.74, 6) is -0.181. The van der Waals surface area contributed by atoms with Gasteiger partial charge < -0.3 is 14.8 Å². The van der Waals surface area contributed by atoms with Crippen molar-refractivity contribution in [1.29, 1.82) is 0 Å². The Morgan fingerprint density at radius 2 is 2.25 bits per heavy atom. The van der Waals surface area contributed by atoms with Gasteiger partial charge >= 0.3 is 5.97 Å². The fourth-order valence-corrected chi connectivity index (χ4v) is 2.21. The van der Waals surface area contributed by atoms with Crippen molar-refractivity contribution in [3.8, 4) is 5.75 Å². The molecule has 1 heterocycles. The van der Waals surface area contributed by atoms with Crippen molar-refractivity contribution in [1.82, 2.24) is 5.32 Å². The summed E-state index contributed by atoms with van der Waals surface area (Å²) in [5, 5.41) is 1.77. The van der Waals surface area contributed by atoms with Crippen molar-refractivity contribution < 1.29 is 19.1 Å². The molecule has 0 bridgehead atoms. The fraction of sp³-hybridized carbons (Fsp3) is 0.429. The number of amides is 1. The summed E-state index contributed by atoms with van der Waals surface area (Å²) >= 11 is 5.77. The molecule has 108 valence electrons. The maximum Gasteiger partial charge on any atom is 0.325 e. The molecule has 0 saturated carbocycles. The Labute approximate surface area is 122 Å². The second kappa shape index (κ2) is 6.61. The number of esters is 1. The Bertz CT molecular complexity index is 506. The molecule has 1 aromatic carbocycles. The molecule has 0 aliphatic carbocycles. The Morgan fingerprint density at radius 1 is 1.50 bits per heavy atom. The first-order valence-electron chi connectivity index (χ1n) is 6.32. The van der Waals surface area contributed by atoms with E-state index < -0.39 is 11.3 Å². The van der Waals surface area contributed by atoms with E-state index in [-0.39, 0.29) is 18.4 Å². The van der Waals surface area contributed by atoms with Crippen molar-refractivity contribution in [3.63, 3.8) is 0 Å². The van der Waals surface area contributed by atoms with E-state index in [0.717, 1.165) is 11.3 Å². The van der Waals surface area contributed by atoms with E-state index >= 15 is 0 Å². The van der Waals surface area contributed by atoms with Gasteiger partial charge in [-0.25, -0.2) is 0 Å².